The Bertz CT molecular complexity index is 1100. The molecule has 29 heavy (non-hydrogen) atoms. The van der Waals surface area contributed by atoms with Crippen molar-refractivity contribution in [3.8, 4) is 11.3 Å². The van der Waals surface area contributed by atoms with Crippen molar-refractivity contribution in [2.45, 2.75) is 0 Å². The zero-order valence-electron chi connectivity index (χ0n) is 15.2. The first-order valence-electron chi connectivity index (χ1n) is 8.35. The molecule has 0 saturated carbocycles. The molecule has 9 nitrogen and oxygen atoms in total. The molecule has 3 rings (SSSR count). The Balaban J connectivity index is 1.75. The predicted molar refractivity (Wildman–Crippen MR) is 104 cm³/mol. The molecule has 0 fully saturated rings. The molecular weight excluding hydrogens is 378 g/mol. The highest BCUT2D eigenvalue weighted by Crippen LogP contribution is 2.26. The molecule has 9 heteroatoms. The molecule has 1 N–H and O–H groups in total. The highest BCUT2D eigenvalue weighted by Gasteiger charge is 2.19. The summed E-state index contributed by atoms with van der Waals surface area (Å²) in [7, 11) is 1.29. The molecule has 1 aromatic heterocycles. The summed E-state index contributed by atoms with van der Waals surface area (Å²) in [5.41, 5.74) is 2.68. The van der Waals surface area contributed by atoms with E-state index in [0.717, 1.165) is 0 Å². The van der Waals surface area contributed by atoms with Crippen LogP contribution in [0.25, 0.3) is 11.3 Å². The Labute approximate surface area is 164 Å². The van der Waals surface area contributed by atoms with Crippen LogP contribution in [0.4, 0.5) is 5.69 Å². The van der Waals surface area contributed by atoms with E-state index in [1.165, 1.54) is 37.6 Å². The predicted octanol–water partition coefficient (Wildman–Crippen LogP) is 3.41. The second-order valence-corrected chi connectivity index (χ2v) is 5.71. The van der Waals surface area contributed by atoms with Crippen LogP contribution in [0.5, 0.6) is 0 Å². The summed E-state index contributed by atoms with van der Waals surface area (Å²) in [4.78, 5) is 34.4. The van der Waals surface area contributed by atoms with Gasteiger partial charge in [0, 0.05) is 11.6 Å². The van der Waals surface area contributed by atoms with Gasteiger partial charge in [-0.05, 0) is 24.3 Å². The lowest BCUT2D eigenvalue weighted by atomic mass is 10.1. The second kappa shape index (κ2) is 8.61. The van der Waals surface area contributed by atoms with Gasteiger partial charge in [0.15, 0.2) is 0 Å². The average molecular weight is 393 g/mol. The van der Waals surface area contributed by atoms with Crippen LogP contribution in [0.15, 0.2) is 70.2 Å². The van der Waals surface area contributed by atoms with E-state index >= 15 is 0 Å². The van der Waals surface area contributed by atoms with Gasteiger partial charge in [0.05, 0.1) is 23.8 Å². The molecule has 0 bridgehead atoms. The van der Waals surface area contributed by atoms with Crippen molar-refractivity contribution in [1.82, 2.24) is 5.43 Å². The van der Waals surface area contributed by atoms with Crippen LogP contribution < -0.4 is 5.43 Å². The SMILES string of the molecule is COC(=O)c1ccccc1-c1ccc(/C=N\NC(=O)c2ccccc2[N+](=O)[O-])o1. The average Bonchev–Trinajstić information content (AvgIpc) is 3.21. The summed E-state index contributed by atoms with van der Waals surface area (Å²) in [6.07, 6.45) is 1.25. The minimum absolute atomic E-state index is 0.109. The molecule has 146 valence electrons. The van der Waals surface area contributed by atoms with Crippen molar-refractivity contribution in [1.29, 1.82) is 0 Å². The molecule has 0 spiro atoms. The van der Waals surface area contributed by atoms with Crippen LogP contribution in [0.3, 0.4) is 0 Å². The van der Waals surface area contributed by atoms with Gasteiger partial charge in [-0.1, -0.05) is 30.3 Å². The summed E-state index contributed by atoms with van der Waals surface area (Å²) in [6, 6.07) is 15.6. The number of benzene rings is 2. The summed E-state index contributed by atoms with van der Waals surface area (Å²) in [5, 5.41) is 14.8. The molecule has 0 aliphatic carbocycles. The number of nitrogens with zero attached hydrogens (tertiary/aromatic N) is 2. The van der Waals surface area contributed by atoms with Crippen LogP contribution >= 0.6 is 0 Å². The number of methoxy groups -OCH3 is 1. The summed E-state index contributed by atoms with van der Waals surface area (Å²) < 4.78 is 10.4. The van der Waals surface area contributed by atoms with Gasteiger partial charge in [-0.2, -0.15) is 5.10 Å². The number of amides is 1. The van der Waals surface area contributed by atoms with Crippen molar-refractivity contribution in [2.24, 2.45) is 5.10 Å². The minimum atomic E-state index is -0.726. The highest BCUT2D eigenvalue weighted by molar-refractivity contribution is 5.98. The van der Waals surface area contributed by atoms with Gasteiger partial charge in [-0.3, -0.25) is 14.9 Å². The third kappa shape index (κ3) is 4.35. The maximum absolute atomic E-state index is 12.1. The Morgan fingerprint density at radius 2 is 1.76 bits per heavy atom. The molecule has 2 aromatic carbocycles. The molecule has 0 atom stereocenters. The number of furan rings is 1. The zero-order chi connectivity index (χ0) is 20.8. The fourth-order valence-corrected chi connectivity index (χ4v) is 2.59. The number of hydrazone groups is 1. The van der Waals surface area contributed by atoms with Gasteiger partial charge in [-0.15, -0.1) is 0 Å². The quantitative estimate of drug-likeness (QED) is 0.296. The van der Waals surface area contributed by atoms with Crippen molar-refractivity contribution in [3.63, 3.8) is 0 Å². The number of carbonyl (C=O) groups is 2. The van der Waals surface area contributed by atoms with Crippen molar-refractivity contribution in [2.75, 3.05) is 7.11 Å². The van der Waals surface area contributed by atoms with Gasteiger partial charge in [-0.25, -0.2) is 10.2 Å². The molecule has 0 aliphatic heterocycles. The molecular formula is C20H15N3O6. The molecule has 3 aromatic rings. The van der Waals surface area contributed by atoms with E-state index in [-0.39, 0.29) is 11.3 Å². The number of carbonyl (C=O) groups excluding carboxylic acids is 2. The first-order chi connectivity index (χ1) is 14.0. The molecule has 0 aliphatic rings. The number of para-hydroxylation sites is 1. The minimum Gasteiger partial charge on any atom is -0.465 e. The fourth-order valence-electron chi connectivity index (χ4n) is 2.59. The Kier molecular flexibility index (Phi) is 5.79. The number of ether oxygens (including phenoxy) is 1. The van der Waals surface area contributed by atoms with Gasteiger partial charge < -0.3 is 9.15 Å². The Hall–Kier alpha value is -4.27. The van der Waals surface area contributed by atoms with E-state index in [4.69, 9.17) is 9.15 Å². The third-order valence-corrected chi connectivity index (χ3v) is 3.93. The molecule has 1 amide bonds. The van der Waals surface area contributed by atoms with E-state index in [2.05, 4.69) is 10.5 Å². The van der Waals surface area contributed by atoms with Gasteiger partial charge in [0.2, 0.25) is 0 Å². The first kappa shape index (κ1) is 19.5. The standard InChI is InChI=1S/C20H15N3O6/c1-28-20(25)15-7-3-2-6-14(15)18-11-10-13(29-18)12-21-22-19(24)16-8-4-5-9-17(16)23(26)27/h2-12H,1H3,(H,22,24)/b21-12-. The summed E-state index contributed by atoms with van der Waals surface area (Å²) >= 11 is 0. The van der Waals surface area contributed by atoms with E-state index in [1.54, 1.807) is 36.4 Å². The highest BCUT2D eigenvalue weighted by atomic mass is 16.6. The van der Waals surface area contributed by atoms with Gasteiger partial charge in [0.25, 0.3) is 11.6 Å². The van der Waals surface area contributed by atoms with Crippen molar-refractivity contribution < 1.29 is 23.7 Å². The second-order valence-electron chi connectivity index (χ2n) is 5.71. The number of hydrogen-bond donors (Lipinski definition) is 1. The summed E-state index contributed by atoms with van der Waals surface area (Å²) in [6.45, 7) is 0. The monoisotopic (exact) mass is 393 g/mol. The van der Waals surface area contributed by atoms with Crippen molar-refractivity contribution >= 4 is 23.8 Å². The van der Waals surface area contributed by atoms with Gasteiger partial charge in [0.1, 0.15) is 17.1 Å². The van der Waals surface area contributed by atoms with Crippen LogP contribution in [-0.2, 0) is 4.74 Å². The Morgan fingerprint density at radius 1 is 1.07 bits per heavy atom. The number of hydrogen-bond acceptors (Lipinski definition) is 7. The first-order valence-corrected chi connectivity index (χ1v) is 8.35. The van der Waals surface area contributed by atoms with E-state index in [9.17, 15) is 19.7 Å². The number of nitrogens with one attached hydrogen (secondary N) is 1. The van der Waals surface area contributed by atoms with Crippen LogP contribution in [0, 0.1) is 10.1 Å². The topological polar surface area (TPSA) is 124 Å². The maximum Gasteiger partial charge on any atom is 0.338 e. The van der Waals surface area contributed by atoms with Crippen molar-refractivity contribution in [3.05, 3.63) is 87.7 Å². The smallest absolute Gasteiger partial charge is 0.338 e. The lowest BCUT2D eigenvalue weighted by Gasteiger charge is -2.04. The number of rotatable bonds is 6. The largest absolute Gasteiger partial charge is 0.465 e. The molecule has 0 unspecified atom stereocenters. The van der Waals surface area contributed by atoms with Gasteiger partial charge >= 0.3 is 5.97 Å². The van der Waals surface area contributed by atoms with Crippen LogP contribution in [0.2, 0.25) is 0 Å². The summed E-state index contributed by atoms with van der Waals surface area (Å²) in [5.74, 6) is -0.500. The van der Waals surface area contributed by atoms with Crippen LogP contribution in [0.1, 0.15) is 26.5 Å². The zero-order valence-corrected chi connectivity index (χ0v) is 15.2. The number of nitro benzene ring substituents is 1. The normalized spacial score (nSPS) is 10.7. The maximum atomic E-state index is 12.1. The molecule has 1 heterocycles. The lowest BCUT2D eigenvalue weighted by Crippen LogP contribution is -2.18. The number of esters is 1. The van der Waals surface area contributed by atoms with Crippen LogP contribution in [-0.4, -0.2) is 30.1 Å². The number of nitro groups is 1. The van der Waals surface area contributed by atoms with E-state index in [1.807, 2.05) is 0 Å². The molecule has 0 saturated heterocycles. The molecule has 0 radical (unpaired) electrons. The van der Waals surface area contributed by atoms with E-state index < -0.39 is 16.8 Å². The van der Waals surface area contributed by atoms with E-state index in [0.29, 0.717) is 22.6 Å². The lowest BCUT2D eigenvalue weighted by molar-refractivity contribution is -0.385. The third-order valence-electron chi connectivity index (χ3n) is 3.93. The Morgan fingerprint density at radius 3 is 2.48 bits per heavy atom. The fraction of sp³-hybridized carbons (Fsp3) is 0.0500.